The number of hydrogen-bond acceptors (Lipinski definition) is 4. The Morgan fingerprint density at radius 3 is 2.81 bits per heavy atom. The number of ether oxygens (including phenoxy) is 1. The zero-order valence-corrected chi connectivity index (χ0v) is 15.1. The molecule has 136 valence electrons. The highest BCUT2D eigenvalue weighted by Gasteiger charge is 2.30. The normalized spacial score (nSPS) is 15.6. The first-order valence-corrected chi connectivity index (χ1v) is 8.68. The van der Waals surface area contributed by atoms with Crippen molar-refractivity contribution in [3.63, 3.8) is 0 Å². The second kappa shape index (κ2) is 8.10. The van der Waals surface area contributed by atoms with Gasteiger partial charge >= 0.3 is 0 Å². The van der Waals surface area contributed by atoms with Crippen LogP contribution < -0.4 is 20.3 Å². The Kier molecular flexibility index (Phi) is 5.63. The SMILES string of the molecule is CNC(=O)[C@@H]1CN(CC(=O)NCc2cccc(Cl)c2)c2ccccc2O1. The van der Waals surface area contributed by atoms with Crippen molar-refractivity contribution in [2.45, 2.75) is 12.6 Å². The summed E-state index contributed by atoms with van der Waals surface area (Å²) in [5.74, 6) is 0.233. The predicted molar refractivity (Wildman–Crippen MR) is 100 cm³/mol. The van der Waals surface area contributed by atoms with Crippen molar-refractivity contribution in [3.05, 3.63) is 59.1 Å². The molecule has 1 aliphatic heterocycles. The molecule has 0 aliphatic carbocycles. The lowest BCUT2D eigenvalue weighted by Gasteiger charge is -2.35. The van der Waals surface area contributed by atoms with Gasteiger partial charge in [-0.1, -0.05) is 35.9 Å². The van der Waals surface area contributed by atoms with Gasteiger partial charge in [-0.2, -0.15) is 0 Å². The lowest BCUT2D eigenvalue weighted by atomic mass is 10.1. The molecule has 0 saturated heterocycles. The van der Waals surface area contributed by atoms with Gasteiger partial charge in [-0.3, -0.25) is 9.59 Å². The van der Waals surface area contributed by atoms with Crippen molar-refractivity contribution in [2.24, 2.45) is 0 Å². The van der Waals surface area contributed by atoms with Crippen LogP contribution in [0.5, 0.6) is 5.75 Å². The van der Waals surface area contributed by atoms with Crippen LogP contribution in [0.1, 0.15) is 5.56 Å². The molecule has 0 unspecified atom stereocenters. The van der Waals surface area contributed by atoms with Crippen LogP contribution in [0.2, 0.25) is 5.02 Å². The van der Waals surface area contributed by atoms with Gasteiger partial charge in [0.1, 0.15) is 5.75 Å². The second-order valence-corrected chi connectivity index (χ2v) is 6.41. The average Bonchev–Trinajstić information content (AvgIpc) is 2.65. The maximum Gasteiger partial charge on any atom is 0.262 e. The molecule has 0 spiro atoms. The van der Waals surface area contributed by atoms with Crippen LogP contribution in [0.4, 0.5) is 5.69 Å². The topological polar surface area (TPSA) is 70.7 Å². The summed E-state index contributed by atoms with van der Waals surface area (Å²) >= 11 is 5.96. The van der Waals surface area contributed by atoms with Crippen molar-refractivity contribution in [2.75, 3.05) is 25.0 Å². The fourth-order valence-corrected chi connectivity index (χ4v) is 3.04. The molecule has 0 radical (unpaired) electrons. The largest absolute Gasteiger partial charge is 0.477 e. The van der Waals surface area contributed by atoms with E-state index in [1.165, 1.54) is 0 Å². The van der Waals surface area contributed by atoms with Gasteiger partial charge in [0.25, 0.3) is 5.91 Å². The highest BCUT2D eigenvalue weighted by molar-refractivity contribution is 6.30. The van der Waals surface area contributed by atoms with Crippen molar-refractivity contribution in [1.29, 1.82) is 0 Å². The molecule has 2 amide bonds. The van der Waals surface area contributed by atoms with E-state index in [4.69, 9.17) is 16.3 Å². The number of carbonyl (C=O) groups is 2. The molecule has 0 saturated carbocycles. The van der Waals surface area contributed by atoms with Crippen molar-refractivity contribution < 1.29 is 14.3 Å². The maximum absolute atomic E-state index is 12.4. The number of nitrogens with zero attached hydrogens (tertiary/aromatic N) is 1. The third-order valence-corrected chi connectivity index (χ3v) is 4.35. The minimum absolute atomic E-state index is 0.133. The number of para-hydroxylation sites is 2. The Morgan fingerprint density at radius 2 is 2.04 bits per heavy atom. The maximum atomic E-state index is 12.4. The van der Waals surface area contributed by atoms with E-state index in [1.54, 1.807) is 19.2 Å². The van der Waals surface area contributed by atoms with E-state index in [9.17, 15) is 9.59 Å². The van der Waals surface area contributed by atoms with Crippen molar-refractivity contribution in [3.8, 4) is 5.75 Å². The van der Waals surface area contributed by atoms with Crippen molar-refractivity contribution >= 4 is 29.1 Å². The molecule has 0 bridgehead atoms. The standard InChI is InChI=1S/C19H20ClN3O3/c1-21-19(25)17-11-23(15-7-2-3-8-16(15)26-17)12-18(24)22-10-13-5-4-6-14(20)9-13/h2-9,17H,10-12H2,1H3,(H,21,25)(H,22,24)/t17-/m0/s1. The van der Waals surface area contributed by atoms with Gasteiger partial charge in [-0.25, -0.2) is 0 Å². The monoisotopic (exact) mass is 373 g/mol. The van der Waals surface area contributed by atoms with Gasteiger partial charge in [-0.15, -0.1) is 0 Å². The second-order valence-electron chi connectivity index (χ2n) is 5.98. The summed E-state index contributed by atoms with van der Waals surface area (Å²) in [7, 11) is 1.56. The molecule has 2 aromatic rings. The average molecular weight is 374 g/mol. The summed E-state index contributed by atoms with van der Waals surface area (Å²) < 4.78 is 5.74. The number of nitrogens with one attached hydrogen (secondary N) is 2. The molecule has 1 atom stereocenters. The Morgan fingerprint density at radius 1 is 1.23 bits per heavy atom. The van der Waals surface area contributed by atoms with E-state index in [0.717, 1.165) is 11.3 Å². The van der Waals surface area contributed by atoms with Gasteiger partial charge in [0.05, 0.1) is 18.8 Å². The molecule has 0 aromatic heterocycles. The van der Waals surface area contributed by atoms with E-state index in [2.05, 4.69) is 10.6 Å². The molecular formula is C19H20ClN3O3. The van der Waals surface area contributed by atoms with Crippen LogP contribution in [0.15, 0.2) is 48.5 Å². The number of likely N-dealkylation sites (N-methyl/N-ethyl adjacent to an activating group) is 1. The number of benzene rings is 2. The Hall–Kier alpha value is -2.73. The number of halogens is 1. The molecule has 2 N–H and O–H groups in total. The first-order valence-electron chi connectivity index (χ1n) is 8.30. The minimum Gasteiger partial charge on any atom is -0.477 e. The van der Waals surface area contributed by atoms with E-state index in [-0.39, 0.29) is 18.4 Å². The van der Waals surface area contributed by atoms with Crippen LogP contribution in [0.25, 0.3) is 0 Å². The third-order valence-electron chi connectivity index (χ3n) is 4.11. The number of fused-ring (bicyclic) bond motifs is 1. The number of carbonyl (C=O) groups excluding carboxylic acids is 2. The van der Waals surface area contributed by atoms with Gasteiger partial charge in [0.15, 0.2) is 6.10 Å². The summed E-state index contributed by atoms with van der Waals surface area (Å²) in [6.45, 7) is 0.833. The lowest BCUT2D eigenvalue weighted by molar-refractivity contribution is -0.127. The molecule has 26 heavy (non-hydrogen) atoms. The Labute approximate surface area is 157 Å². The van der Waals surface area contributed by atoms with Gasteiger partial charge in [0, 0.05) is 18.6 Å². The number of rotatable bonds is 5. The van der Waals surface area contributed by atoms with Crippen LogP contribution >= 0.6 is 11.6 Å². The molecule has 2 aromatic carbocycles. The predicted octanol–water partition coefficient (Wildman–Crippen LogP) is 1.97. The van der Waals surface area contributed by atoms with Crippen LogP contribution in [0.3, 0.4) is 0 Å². The molecule has 0 fully saturated rings. The molecule has 7 heteroatoms. The lowest BCUT2D eigenvalue weighted by Crippen LogP contribution is -2.50. The summed E-state index contributed by atoms with van der Waals surface area (Å²) in [5.41, 5.74) is 1.72. The third kappa shape index (κ3) is 4.26. The number of amides is 2. The zero-order chi connectivity index (χ0) is 18.5. The van der Waals surface area contributed by atoms with E-state index in [0.29, 0.717) is 23.9 Å². The molecular weight excluding hydrogens is 354 g/mol. The first-order chi connectivity index (χ1) is 12.6. The summed E-state index contributed by atoms with van der Waals surface area (Å²) in [4.78, 5) is 26.2. The molecule has 3 rings (SSSR count). The highest BCUT2D eigenvalue weighted by Crippen LogP contribution is 2.32. The zero-order valence-electron chi connectivity index (χ0n) is 14.4. The highest BCUT2D eigenvalue weighted by atomic mass is 35.5. The summed E-state index contributed by atoms with van der Waals surface area (Å²) in [6, 6.07) is 14.7. The molecule has 1 heterocycles. The molecule has 1 aliphatic rings. The van der Waals surface area contributed by atoms with Gasteiger partial charge in [-0.05, 0) is 29.8 Å². The van der Waals surface area contributed by atoms with Gasteiger partial charge < -0.3 is 20.3 Å². The van der Waals surface area contributed by atoms with E-state index in [1.807, 2.05) is 41.3 Å². The quantitative estimate of drug-likeness (QED) is 0.840. The van der Waals surface area contributed by atoms with E-state index < -0.39 is 6.10 Å². The molecule has 6 nitrogen and oxygen atoms in total. The summed E-state index contributed by atoms with van der Waals surface area (Å²) in [6.07, 6.45) is -0.657. The Bertz CT molecular complexity index is 812. The minimum atomic E-state index is -0.657. The fraction of sp³-hybridized carbons (Fsp3) is 0.263. The smallest absolute Gasteiger partial charge is 0.262 e. The number of anilines is 1. The van der Waals surface area contributed by atoms with Crippen LogP contribution in [0, 0.1) is 0 Å². The Balaban J connectivity index is 1.67. The van der Waals surface area contributed by atoms with Crippen LogP contribution in [-0.4, -0.2) is 38.1 Å². The van der Waals surface area contributed by atoms with Crippen molar-refractivity contribution in [1.82, 2.24) is 10.6 Å². The first kappa shape index (κ1) is 18.1. The number of hydrogen-bond donors (Lipinski definition) is 2. The fourth-order valence-electron chi connectivity index (χ4n) is 2.83. The summed E-state index contributed by atoms with van der Waals surface area (Å²) in [5, 5.41) is 6.10. The van der Waals surface area contributed by atoms with E-state index >= 15 is 0 Å². The van der Waals surface area contributed by atoms with Gasteiger partial charge in [0.2, 0.25) is 5.91 Å². The van der Waals surface area contributed by atoms with Crippen LogP contribution in [-0.2, 0) is 16.1 Å².